The van der Waals surface area contributed by atoms with Crippen molar-refractivity contribution in [3.05, 3.63) is 29.6 Å². The molecule has 1 N–H and O–H groups in total. The molecule has 0 aromatic carbocycles. The van der Waals surface area contributed by atoms with Crippen LogP contribution in [-0.4, -0.2) is 34.6 Å². The van der Waals surface area contributed by atoms with Gasteiger partial charge in [0, 0.05) is 18.4 Å². The predicted octanol–water partition coefficient (Wildman–Crippen LogP) is 1.94. The van der Waals surface area contributed by atoms with Crippen LogP contribution in [0, 0.1) is 0 Å². The highest BCUT2D eigenvalue weighted by atomic mass is 16.4. The van der Waals surface area contributed by atoms with Gasteiger partial charge in [0.2, 0.25) is 0 Å². The number of hydrogen-bond acceptors (Lipinski definition) is 3. The monoisotopic (exact) mass is 220 g/mol. The zero-order valence-electron chi connectivity index (χ0n) is 9.39. The highest BCUT2D eigenvalue weighted by Gasteiger charge is 2.21. The van der Waals surface area contributed by atoms with Gasteiger partial charge in [0.25, 0.3) is 0 Å². The van der Waals surface area contributed by atoms with Gasteiger partial charge in [0.15, 0.2) is 0 Å². The number of aromatic nitrogens is 1. The van der Waals surface area contributed by atoms with Gasteiger partial charge in [-0.05, 0) is 38.1 Å². The fraction of sp³-hybridized carbons (Fsp3) is 0.500. The molecule has 1 atom stereocenters. The van der Waals surface area contributed by atoms with Crippen molar-refractivity contribution in [3.8, 4) is 0 Å². The average molecular weight is 220 g/mol. The van der Waals surface area contributed by atoms with Crippen LogP contribution in [0.2, 0.25) is 0 Å². The largest absolute Gasteiger partial charge is 0.478 e. The quantitative estimate of drug-likeness (QED) is 0.827. The normalized spacial score (nSPS) is 21.9. The van der Waals surface area contributed by atoms with E-state index in [0.717, 1.165) is 18.5 Å². The minimum atomic E-state index is -0.909. The molecule has 1 aromatic heterocycles. The Morgan fingerprint density at radius 2 is 2.31 bits per heavy atom. The first-order chi connectivity index (χ1) is 7.68. The summed E-state index contributed by atoms with van der Waals surface area (Å²) in [5.74, 6) is -0.909. The molecule has 86 valence electrons. The molecule has 1 fully saturated rings. The zero-order chi connectivity index (χ0) is 11.5. The van der Waals surface area contributed by atoms with Crippen molar-refractivity contribution in [1.82, 2.24) is 9.88 Å². The molecule has 1 saturated heterocycles. The summed E-state index contributed by atoms with van der Waals surface area (Å²) in [5, 5.41) is 8.92. The number of carboxylic acids is 1. The lowest BCUT2D eigenvalue weighted by Crippen LogP contribution is -2.29. The van der Waals surface area contributed by atoms with E-state index in [2.05, 4.69) is 16.9 Å². The second-order valence-corrected chi connectivity index (χ2v) is 4.30. The van der Waals surface area contributed by atoms with Gasteiger partial charge in [-0.25, -0.2) is 4.79 Å². The fourth-order valence-corrected chi connectivity index (χ4v) is 2.25. The standard InChI is InChI=1S/C12H16N2O2/c1-14-5-3-2-4-11(14)9-6-10(12(15)16)8-13-7-9/h6-8,11H,2-5H2,1H3,(H,15,16). The molecule has 0 saturated carbocycles. The summed E-state index contributed by atoms with van der Waals surface area (Å²) in [5.41, 5.74) is 1.29. The molecule has 0 radical (unpaired) electrons. The van der Waals surface area contributed by atoms with Crippen molar-refractivity contribution in [2.24, 2.45) is 0 Å². The molecule has 4 nitrogen and oxygen atoms in total. The molecule has 0 aliphatic carbocycles. The zero-order valence-corrected chi connectivity index (χ0v) is 9.39. The van der Waals surface area contributed by atoms with Crippen LogP contribution in [0.3, 0.4) is 0 Å². The van der Waals surface area contributed by atoms with Crippen LogP contribution < -0.4 is 0 Å². The number of likely N-dealkylation sites (tertiary alicyclic amines) is 1. The van der Waals surface area contributed by atoms with Crippen molar-refractivity contribution in [2.75, 3.05) is 13.6 Å². The van der Waals surface area contributed by atoms with E-state index in [1.807, 2.05) is 0 Å². The highest BCUT2D eigenvalue weighted by molar-refractivity contribution is 5.87. The number of carbonyl (C=O) groups is 1. The summed E-state index contributed by atoms with van der Waals surface area (Å²) in [4.78, 5) is 17.1. The molecule has 1 aliphatic heterocycles. The summed E-state index contributed by atoms with van der Waals surface area (Å²) in [7, 11) is 2.08. The molecule has 1 aliphatic rings. The summed E-state index contributed by atoms with van der Waals surface area (Å²) >= 11 is 0. The minimum absolute atomic E-state index is 0.275. The van der Waals surface area contributed by atoms with E-state index in [1.165, 1.54) is 19.0 Å². The van der Waals surface area contributed by atoms with E-state index >= 15 is 0 Å². The fourth-order valence-electron chi connectivity index (χ4n) is 2.25. The maximum absolute atomic E-state index is 10.9. The van der Waals surface area contributed by atoms with Gasteiger partial charge in [-0.15, -0.1) is 0 Å². The van der Waals surface area contributed by atoms with Crippen molar-refractivity contribution >= 4 is 5.97 Å². The molecule has 16 heavy (non-hydrogen) atoms. The Morgan fingerprint density at radius 3 is 3.00 bits per heavy atom. The maximum atomic E-state index is 10.9. The molecule has 1 aromatic rings. The van der Waals surface area contributed by atoms with Crippen molar-refractivity contribution in [3.63, 3.8) is 0 Å². The van der Waals surface area contributed by atoms with E-state index < -0.39 is 5.97 Å². The van der Waals surface area contributed by atoms with Gasteiger partial charge >= 0.3 is 5.97 Å². The van der Waals surface area contributed by atoms with E-state index in [-0.39, 0.29) is 5.56 Å². The second kappa shape index (κ2) is 4.61. The summed E-state index contributed by atoms with van der Waals surface area (Å²) in [6, 6.07) is 2.06. The molecule has 2 rings (SSSR count). The Balaban J connectivity index is 2.25. The third-order valence-corrected chi connectivity index (χ3v) is 3.16. The Bertz CT molecular complexity index is 392. The number of piperidine rings is 1. The number of aromatic carboxylic acids is 1. The Labute approximate surface area is 94.9 Å². The maximum Gasteiger partial charge on any atom is 0.337 e. The van der Waals surface area contributed by atoms with E-state index in [1.54, 1.807) is 12.3 Å². The molecular weight excluding hydrogens is 204 g/mol. The third kappa shape index (κ3) is 2.22. The van der Waals surface area contributed by atoms with Crippen LogP contribution in [0.15, 0.2) is 18.5 Å². The summed E-state index contributed by atoms with van der Waals surface area (Å²) in [6.45, 7) is 1.07. The third-order valence-electron chi connectivity index (χ3n) is 3.16. The summed E-state index contributed by atoms with van der Waals surface area (Å²) < 4.78 is 0. The van der Waals surface area contributed by atoms with Gasteiger partial charge < -0.3 is 5.11 Å². The number of pyridine rings is 1. The van der Waals surface area contributed by atoms with Gasteiger partial charge in [-0.1, -0.05) is 6.42 Å². The van der Waals surface area contributed by atoms with Gasteiger partial charge in [0.05, 0.1) is 5.56 Å². The minimum Gasteiger partial charge on any atom is -0.478 e. The lowest BCUT2D eigenvalue weighted by molar-refractivity contribution is 0.0696. The van der Waals surface area contributed by atoms with Gasteiger partial charge in [0.1, 0.15) is 0 Å². The lowest BCUT2D eigenvalue weighted by atomic mass is 9.96. The average Bonchev–Trinajstić information content (AvgIpc) is 2.30. The molecule has 1 unspecified atom stereocenters. The van der Waals surface area contributed by atoms with Crippen molar-refractivity contribution in [2.45, 2.75) is 25.3 Å². The number of nitrogens with zero attached hydrogens (tertiary/aromatic N) is 2. The first-order valence-corrected chi connectivity index (χ1v) is 5.57. The van der Waals surface area contributed by atoms with Crippen LogP contribution in [0.1, 0.15) is 41.2 Å². The SMILES string of the molecule is CN1CCCCC1c1cncc(C(=O)O)c1. The van der Waals surface area contributed by atoms with Crippen LogP contribution in [0.25, 0.3) is 0 Å². The molecular formula is C12H16N2O2. The Hall–Kier alpha value is -1.42. The molecule has 2 heterocycles. The molecule has 0 bridgehead atoms. The summed E-state index contributed by atoms with van der Waals surface area (Å²) in [6.07, 6.45) is 6.68. The first kappa shape index (κ1) is 11.1. The van der Waals surface area contributed by atoms with Gasteiger partial charge in [-0.2, -0.15) is 0 Å². The number of carboxylic acid groups (broad SMARTS) is 1. The Kier molecular flexibility index (Phi) is 3.19. The number of rotatable bonds is 2. The van der Waals surface area contributed by atoms with Crippen molar-refractivity contribution in [1.29, 1.82) is 0 Å². The molecule has 4 heteroatoms. The van der Waals surface area contributed by atoms with Gasteiger partial charge in [-0.3, -0.25) is 9.88 Å². The van der Waals surface area contributed by atoms with Crippen LogP contribution in [0.4, 0.5) is 0 Å². The van der Waals surface area contributed by atoms with Crippen LogP contribution in [-0.2, 0) is 0 Å². The molecule has 0 amide bonds. The first-order valence-electron chi connectivity index (χ1n) is 5.57. The second-order valence-electron chi connectivity index (χ2n) is 4.30. The number of hydrogen-bond donors (Lipinski definition) is 1. The smallest absolute Gasteiger partial charge is 0.337 e. The Morgan fingerprint density at radius 1 is 1.50 bits per heavy atom. The highest BCUT2D eigenvalue weighted by Crippen LogP contribution is 2.29. The predicted molar refractivity (Wildman–Crippen MR) is 60.4 cm³/mol. The lowest BCUT2D eigenvalue weighted by Gasteiger charge is -2.32. The van der Waals surface area contributed by atoms with E-state index in [0.29, 0.717) is 6.04 Å². The van der Waals surface area contributed by atoms with E-state index in [9.17, 15) is 4.79 Å². The van der Waals surface area contributed by atoms with E-state index in [4.69, 9.17) is 5.11 Å². The van der Waals surface area contributed by atoms with Crippen LogP contribution >= 0.6 is 0 Å². The molecule has 0 spiro atoms. The topological polar surface area (TPSA) is 53.4 Å². The van der Waals surface area contributed by atoms with Crippen LogP contribution in [0.5, 0.6) is 0 Å². The van der Waals surface area contributed by atoms with Crippen molar-refractivity contribution < 1.29 is 9.90 Å².